The highest BCUT2D eigenvalue weighted by Gasteiger charge is 2.25. The van der Waals surface area contributed by atoms with Crippen LogP contribution in [0.2, 0.25) is 5.02 Å². The predicted molar refractivity (Wildman–Crippen MR) is 100 cm³/mol. The minimum Gasteiger partial charge on any atom is -0.332 e. The van der Waals surface area contributed by atoms with E-state index in [-0.39, 0.29) is 11.5 Å². The van der Waals surface area contributed by atoms with Crippen molar-refractivity contribution >= 4 is 28.8 Å². The van der Waals surface area contributed by atoms with Crippen molar-refractivity contribution in [1.82, 2.24) is 19.7 Å². The van der Waals surface area contributed by atoms with Gasteiger partial charge < -0.3 is 4.90 Å². The lowest BCUT2D eigenvalue weighted by atomic mass is 10.1. The fourth-order valence-electron chi connectivity index (χ4n) is 2.93. The molecule has 26 heavy (non-hydrogen) atoms. The van der Waals surface area contributed by atoms with Crippen LogP contribution in [-0.4, -0.2) is 32.1 Å². The number of aryl methyl sites for hydroxylation is 1. The van der Waals surface area contributed by atoms with Crippen LogP contribution in [0, 0.1) is 0 Å². The Labute approximate surface area is 158 Å². The molecule has 4 rings (SSSR count). The van der Waals surface area contributed by atoms with Gasteiger partial charge in [0.05, 0.1) is 5.69 Å². The second kappa shape index (κ2) is 6.66. The van der Waals surface area contributed by atoms with Gasteiger partial charge in [-0.2, -0.15) is 5.10 Å². The van der Waals surface area contributed by atoms with Crippen molar-refractivity contribution in [3.05, 3.63) is 68.0 Å². The van der Waals surface area contributed by atoms with Crippen LogP contribution in [0.1, 0.15) is 21.7 Å². The van der Waals surface area contributed by atoms with Crippen molar-refractivity contribution in [1.29, 1.82) is 0 Å². The van der Waals surface area contributed by atoms with Gasteiger partial charge in [0.1, 0.15) is 10.7 Å². The maximum absolute atomic E-state index is 12.8. The largest absolute Gasteiger partial charge is 0.332 e. The average Bonchev–Trinajstić information content (AvgIpc) is 3.12. The number of thiazole rings is 1. The molecule has 0 aliphatic carbocycles. The third-order valence-corrected chi connectivity index (χ3v) is 5.48. The summed E-state index contributed by atoms with van der Waals surface area (Å²) < 4.78 is 1.33. The summed E-state index contributed by atoms with van der Waals surface area (Å²) in [5.74, 6) is -0.132. The average molecular weight is 387 g/mol. The first-order valence-corrected chi connectivity index (χ1v) is 9.34. The highest BCUT2D eigenvalue weighted by molar-refractivity contribution is 7.13. The Morgan fingerprint density at radius 1 is 1.27 bits per heavy atom. The Morgan fingerprint density at radius 3 is 2.81 bits per heavy atom. The van der Waals surface area contributed by atoms with E-state index >= 15 is 0 Å². The van der Waals surface area contributed by atoms with Crippen LogP contribution in [0.5, 0.6) is 0 Å². The lowest BCUT2D eigenvalue weighted by Gasteiger charge is -2.27. The molecule has 3 aromatic rings. The number of hydrogen-bond donors (Lipinski definition) is 0. The molecular formula is C18H15ClN4O2S. The Hall–Kier alpha value is -2.51. The lowest BCUT2D eigenvalue weighted by Crippen LogP contribution is -2.38. The summed E-state index contributed by atoms with van der Waals surface area (Å²) in [6.45, 7) is 0.940. The summed E-state index contributed by atoms with van der Waals surface area (Å²) in [6.07, 6.45) is 0.628. The summed E-state index contributed by atoms with van der Waals surface area (Å²) in [5, 5.41) is 7.48. The molecule has 0 saturated carbocycles. The Morgan fingerprint density at radius 2 is 2.04 bits per heavy atom. The molecule has 8 heteroatoms. The molecule has 0 unspecified atom stereocenters. The van der Waals surface area contributed by atoms with Gasteiger partial charge in [-0.25, -0.2) is 9.67 Å². The molecule has 2 aromatic heterocycles. The summed E-state index contributed by atoms with van der Waals surface area (Å²) in [7, 11) is 1.63. The maximum Gasteiger partial charge on any atom is 0.273 e. The first-order valence-electron chi connectivity index (χ1n) is 8.08. The molecule has 0 spiro atoms. The zero-order valence-electron chi connectivity index (χ0n) is 14.0. The summed E-state index contributed by atoms with van der Waals surface area (Å²) in [4.78, 5) is 30.8. The molecule has 1 aliphatic rings. The number of nitrogens with zero attached hydrogens (tertiary/aromatic N) is 4. The van der Waals surface area contributed by atoms with Crippen molar-refractivity contribution in [2.45, 2.75) is 13.0 Å². The van der Waals surface area contributed by atoms with Gasteiger partial charge in [-0.15, -0.1) is 11.3 Å². The van der Waals surface area contributed by atoms with Gasteiger partial charge in [-0.3, -0.25) is 9.59 Å². The molecule has 0 bridgehead atoms. The van der Waals surface area contributed by atoms with Crippen molar-refractivity contribution in [3.8, 4) is 10.6 Å². The fourth-order valence-corrected chi connectivity index (χ4v) is 3.85. The fraction of sp³-hybridized carbons (Fsp3) is 0.222. The van der Waals surface area contributed by atoms with E-state index in [2.05, 4.69) is 10.1 Å². The summed E-state index contributed by atoms with van der Waals surface area (Å²) >= 11 is 7.34. The number of carbonyl (C=O) groups excluding carboxylic acids is 1. The molecule has 0 radical (unpaired) electrons. The quantitative estimate of drug-likeness (QED) is 0.679. The summed E-state index contributed by atoms with van der Waals surface area (Å²) in [6, 6.07) is 8.92. The van der Waals surface area contributed by atoms with E-state index in [1.807, 2.05) is 12.1 Å². The molecule has 132 valence electrons. The number of benzene rings is 1. The Kier molecular flexibility index (Phi) is 4.34. The van der Waals surface area contributed by atoms with Crippen molar-refractivity contribution in [2.75, 3.05) is 6.54 Å². The van der Waals surface area contributed by atoms with Gasteiger partial charge in [0.2, 0.25) is 0 Å². The molecule has 6 nitrogen and oxygen atoms in total. The van der Waals surface area contributed by atoms with Gasteiger partial charge in [0.25, 0.3) is 11.5 Å². The smallest absolute Gasteiger partial charge is 0.273 e. The van der Waals surface area contributed by atoms with E-state index in [4.69, 9.17) is 11.6 Å². The number of aromatic nitrogens is 3. The third-order valence-electron chi connectivity index (χ3n) is 4.34. The molecular weight excluding hydrogens is 372 g/mol. The zero-order chi connectivity index (χ0) is 18.3. The molecule has 1 aliphatic heterocycles. The molecule has 1 aromatic carbocycles. The molecule has 0 N–H and O–H groups in total. The number of carbonyl (C=O) groups is 1. The van der Waals surface area contributed by atoms with Crippen molar-refractivity contribution < 1.29 is 4.79 Å². The molecule has 0 saturated heterocycles. The highest BCUT2D eigenvalue weighted by atomic mass is 35.5. The lowest BCUT2D eigenvalue weighted by molar-refractivity contribution is 0.0727. The second-order valence-electron chi connectivity index (χ2n) is 6.10. The second-order valence-corrected chi connectivity index (χ2v) is 7.39. The van der Waals surface area contributed by atoms with Crippen LogP contribution >= 0.6 is 22.9 Å². The van der Waals surface area contributed by atoms with Crippen LogP contribution in [-0.2, 0) is 20.0 Å². The van der Waals surface area contributed by atoms with Crippen molar-refractivity contribution in [3.63, 3.8) is 0 Å². The zero-order valence-corrected chi connectivity index (χ0v) is 15.5. The number of hydrogen-bond acceptors (Lipinski definition) is 5. The minimum atomic E-state index is -0.170. The van der Waals surface area contributed by atoms with E-state index in [1.165, 1.54) is 16.0 Å². The van der Waals surface area contributed by atoms with E-state index in [9.17, 15) is 9.59 Å². The van der Waals surface area contributed by atoms with Crippen LogP contribution in [0.25, 0.3) is 10.6 Å². The van der Waals surface area contributed by atoms with E-state index in [0.717, 1.165) is 21.8 Å². The number of rotatable bonds is 2. The topological polar surface area (TPSA) is 68.1 Å². The standard InChI is InChI=1S/C18H15ClN4O2S/c1-22-16(24)8-12-9-23(7-6-14(12)21-22)18(25)15-10-26-17(20-15)11-2-4-13(19)5-3-11/h2-5,8,10H,6-7,9H2,1H3. The van der Waals surface area contributed by atoms with Crippen LogP contribution in [0.3, 0.4) is 0 Å². The minimum absolute atomic E-state index is 0.132. The van der Waals surface area contributed by atoms with E-state index in [1.54, 1.807) is 35.5 Å². The first-order chi connectivity index (χ1) is 12.5. The van der Waals surface area contributed by atoms with Gasteiger partial charge >= 0.3 is 0 Å². The van der Waals surface area contributed by atoms with Gasteiger partial charge in [0, 0.05) is 54.2 Å². The SMILES string of the molecule is Cn1nc2c(cc1=O)CN(C(=O)c1csc(-c3ccc(Cl)cc3)n1)CC2. The predicted octanol–water partition coefficient (Wildman–Crippen LogP) is 2.76. The van der Waals surface area contributed by atoms with Crippen LogP contribution < -0.4 is 5.56 Å². The Bertz CT molecular complexity index is 1040. The summed E-state index contributed by atoms with van der Waals surface area (Å²) in [5.41, 5.74) is 2.85. The van der Waals surface area contributed by atoms with Gasteiger partial charge in [-0.05, 0) is 12.1 Å². The number of halogens is 1. The van der Waals surface area contributed by atoms with Crippen LogP contribution in [0.4, 0.5) is 0 Å². The maximum atomic E-state index is 12.8. The Balaban J connectivity index is 1.56. The monoisotopic (exact) mass is 386 g/mol. The highest BCUT2D eigenvalue weighted by Crippen LogP contribution is 2.26. The molecule has 1 amide bonds. The van der Waals surface area contributed by atoms with Crippen LogP contribution in [0.15, 0.2) is 40.5 Å². The first kappa shape index (κ1) is 16.9. The van der Waals surface area contributed by atoms with E-state index in [0.29, 0.717) is 30.2 Å². The molecule has 0 atom stereocenters. The third kappa shape index (κ3) is 3.15. The van der Waals surface area contributed by atoms with Gasteiger partial charge in [-0.1, -0.05) is 23.7 Å². The van der Waals surface area contributed by atoms with E-state index < -0.39 is 0 Å². The molecule has 3 heterocycles. The van der Waals surface area contributed by atoms with Crippen molar-refractivity contribution in [2.24, 2.45) is 7.05 Å². The normalized spacial score (nSPS) is 13.5. The number of amides is 1. The molecule has 0 fully saturated rings. The van der Waals surface area contributed by atoms with Gasteiger partial charge in [0.15, 0.2) is 0 Å². The number of fused-ring (bicyclic) bond motifs is 1.